The first kappa shape index (κ1) is 15.6. The van der Waals surface area contributed by atoms with Crippen molar-refractivity contribution >= 4 is 34.8 Å². The Morgan fingerprint density at radius 2 is 2.00 bits per heavy atom. The zero-order valence-electron chi connectivity index (χ0n) is 10.9. The number of halogens is 2. The third-order valence-corrected chi connectivity index (χ3v) is 3.28. The van der Waals surface area contributed by atoms with Crippen molar-refractivity contribution in [2.45, 2.75) is 6.10 Å². The highest BCUT2D eigenvalue weighted by Crippen LogP contribution is 2.24. The van der Waals surface area contributed by atoms with E-state index in [9.17, 15) is 9.90 Å². The molecule has 0 aliphatic rings. The number of nitrogens with zero attached hydrogens (tertiary/aromatic N) is 1. The van der Waals surface area contributed by atoms with E-state index >= 15 is 0 Å². The molecule has 4 N–H and O–H groups in total. The number of amides is 1. The number of aromatic nitrogens is 1. The van der Waals surface area contributed by atoms with Crippen molar-refractivity contribution in [3.05, 3.63) is 57.8 Å². The van der Waals surface area contributed by atoms with Gasteiger partial charge in [-0.15, -0.1) is 0 Å². The molecule has 1 aromatic carbocycles. The summed E-state index contributed by atoms with van der Waals surface area (Å²) in [5.41, 5.74) is 6.60. The molecule has 1 atom stereocenters. The fourth-order valence-corrected chi connectivity index (χ4v) is 2.38. The van der Waals surface area contributed by atoms with Crippen LogP contribution in [-0.2, 0) is 0 Å². The van der Waals surface area contributed by atoms with Crippen LogP contribution in [0.2, 0.25) is 10.0 Å². The molecule has 1 heterocycles. The smallest absolute Gasteiger partial charge is 0.252 e. The van der Waals surface area contributed by atoms with Gasteiger partial charge in [0.25, 0.3) is 5.91 Å². The molecule has 0 fully saturated rings. The summed E-state index contributed by atoms with van der Waals surface area (Å²) in [6.45, 7) is 0.168. The van der Waals surface area contributed by atoms with E-state index in [-0.39, 0.29) is 12.1 Å². The Hall–Kier alpha value is -1.82. The molecule has 1 aromatic heterocycles. The van der Waals surface area contributed by atoms with Crippen LogP contribution in [0.4, 0.5) is 5.69 Å². The van der Waals surface area contributed by atoms with Gasteiger partial charge in [0.15, 0.2) is 0 Å². The average molecular weight is 326 g/mol. The predicted molar refractivity (Wildman–Crippen MR) is 82.7 cm³/mol. The van der Waals surface area contributed by atoms with Gasteiger partial charge in [-0.25, -0.2) is 0 Å². The monoisotopic (exact) mass is 325 g/mol. The number of benzene rings is 1. The normalized spacial score (nSPS) is 12.0. The van der Waals surface area contributed by atoms with E-state index in [4.69, 9.17) is 28.9 Å². The Bertz CT molecular complexity index is 644. The maximum atomic E-state index is 11.3. The molecule has 0 saturated heterocycles. The van der Waals surface area contributed by atoms with Crippen molar-refractivity contribution in [2.75, 3.05) is 11.9 Å². The number of nitrogens with one attached hydrogen (secondary N) is 1. The van der Waals surface area contributed by atoms with Crippen molar-refractivity contribution in [3.63, 3.8) is 0 Å². The molecule has 5 nitrogen and oxygen atoms in total. The topological polar surface area (TPSA) is 88.2 Å². The molecule has 0 bridgehead atoms. The van der Waals surface area contributed by atoms with E-state index < -0.39 is 12.0 Å². The van der Waals surface area contributed by atoms with Crippen molar-refractivity contribution in [3.8, 4) is 0 Å². The molecule has 1 unspecified atom stereocenters. The number of aliphatic hydroxyl groups excluding tert-OH is 1. The van der Waals surface area contributed by atoms with E-state index in [2.05, 4.69) is 10.3 Å². The summed E-state index contributed by atoms with van der Waals surface area (Å²) in [4.78, 5) is 15.1. The summed E-state index contributed by atoms with van der Waals surface area (Å²) >= 11 is 11.8. The number of aliphatic hydroxyl groups is 1. The lowest BCUT2D eigenvalue weighted by molar-refractivity contribution is 0.100. The van der Waals surface area contributed by atoms with Crippen LogP contribution >= 0.6 is 23.2 Å². The first-order valence-corrected chi connectivity index (χ1v) is 6.84. The fraction of sp³-hybridized carbons (Fsp3) is 0.143. The Balaban J connectivity index is 2.11. The molecule has 0 saturated carbocycles. The van der Waals surface area contributed by atoms with Crippen molar-refractivity contribution in [1.29, 1.82) is 0 Å². The fourth-order valence-electron chi connectivity index (χ4n) is 1.84. The van der Waals surface area contributed by atoms with Crippen LogP contribution in [0.3, 0.4) is 0 Å². The second kappa shape index (κ2) is 6.76. The number of nitrogens with two attached hydrogens (primary N) is 1. The second-order valence-electron chi connectivity index (χ2n) is 4.38. The zero-order valence-corrected chi connectivity index (χ0v) is 12.4. The lowest BCUT2D eigenvalue weighted by Gasteiger charge is -2.15. The first-order valence-electron chi connectivity index (χ1n) is 6.09. The number of carbonyl (C=O) groups excluding carboxylic acids is 1. The number of primary amides is 1. The van der Waals surface area contributed by atoms with Gasteiger partial charge in [-0.2, -0.15) is 0 Å². The maximum Gasteiger partial charge on any atom is 0.252 e. The van der Waals surface area contributed by atoms with Crippen LogP contribution in [0.5, 0.6) is 0 Å². The Morgan fingerprint density at radius 1 is 1.33 bits per heavy atom. The van der Waals surface area contributed by atoms with Gasteiger partial charge in [0.1, 0.15) is 0 Å². The lowest BCUT2D eigenvalue weighted by atomic mass is 10.1. The Morgan fingerprint density at radius 3 is 2.62 bits per heavy atom. The summed E-state index contributed by atoms with van der Waals surface area (Å²) in [6.07, 6.45) is 2.06. The van der Waals surface area contributed by atoms with E-state index in [0.717, 1.165) is 0 Å². The Kier molecular flexibility index (Phi) is 5.01. The first-order chi connectivity index (χ1) is 9.97. The SMILES string of the molecule is NC(=O)c1cnccc1NCC(O)c1cc(Cl)cc(Cl)c1. The van der Waals surface area contributed by atoms with E-state index in [1.54, 1.807) is 24.3 Å². The van der Waals surface area contributed by atoms with Crippen LogP contribution in [0, 0.1) is 0 Å². The van der Waals surface area contributed by atoms with Gasteiger partial charge < -0.3 is 16.2 Å². The minimum Gasteiger partial charge on any atom is -0.387 e. The Labute approximate surface area is 131 Å². The predicted octanol–water partition coefficient (Wildman–Crippen LogP) is 2.63. The molecule has 0 aliphatic heterocycles. The highest BCUT2D eigenvalue weighted by atomic mass is 35.5. The van der Waals surface area contributed by atoms with Crippen LogP contribution in [0.25, 0.3) is 0 Å². The minimum absolute atomic E-state index is 0.168. The molecule has 0 aliphatic carbocycles. The van der Waals surface area contributed by atoms with Crippen LogP contribution in [-0.4, -0.2) is 22.5 Å². The van der Waals surface area contributed by atoms with Gasteiger partial charge in [0.2, 0.25) is 0 Å². The zero-order chi connectivity index (χ0) is 15.4. The maximum absolute atomic E-state index is 11.3. The summed E-state index contributed by atoms with van der Waals surface area (Å²) in [6, 6.07) is 6.45. The lowest BCUT2D eigenvalue weighted by Crippen LogP contribution is -2.18. The molecule has 7 heteroatoms. The number of carbonyl (C=O) groups is 1. The van der Waals surface area contributed by atoms with Crippen molar-refractivity contribution < 1.29 is 9.90 Å². The third-order valence-electron chi connectivity index (χ3n) is 2.84. The molecular weight excluding hydrogens is 313 g/mol. The average Bonchev–Trinajstić information content (AvgIpc) is 2.43. The third kappa shape index (κ3) is 4.07. The summed E-state index contributed by atoms with van der Waals surface area (Å²) in [7, 11) is 0. The van der Waals surface area contributed by atoms with Crippen LogP contribution < -0.4 is 11.1 Å². The second-order valence-corrected chi connectivity index (χ2v) is 5.26. The van der Waals surface area contributed by atoms with Crippen LogP contribution in [0.15, 0.2) is 36.7 Å². The van der Waals surface area contributed by atoms with Crippen molar-refractivity contribution in [1.82, 2.24) is 4.98 Å². The number of anilines is 1. The number of rotatable bonds is 5. The largest absolute Gasteiger partial charge is 0.387 e. The highest BCUT2D eigenvalue weighted by Gasteiger charge is 2.12. The molecular formula is C14H13Cl2N3O2. The number of pyridine rings is 1. The molecule has 0 radical (unpaired) electrons. The van der Waals surface area contributed by atoms with Gasteiger partial charge in [0.05, 0.1) is 17.4 Å². The number of hydrogen-bond acceptors (Lipinski definition) is 4. The van der Waals surface area contributed by atoms with Gasteiger partial charge in [-0.1, -0.05) is 23.2 Å². The van der Waals surface area contributed by atoms with Gasteiger partial charge >= 0.3 is 0 Å². The summed E-state index contributed by atoms with van der Waals surface area (Å²) in [5, 5.41) is 14.0. The van der Waals surface area contributed by atoms with E-state index in [1.807, 2.05) is 0 Å². The molecule has 0 spiro atoms. The van der Waals surface area contributed by atoms with E-state index in [0.29, 0.717) is 21.3 Å². The van der Waals surface area contributed by atoms with E-state index in [1.165, 1.54) is 12.4 Å². The molecule has 21 heavy (non-hydrogen) atoms. The van der Waals surface area contributed by atoms with Gasteiger partial charge in [-0.3, -0.25) is 9.78 Å². The quantitative estimate of drug-likeness (QED) is 0.788. The van der Waals surface area contributed by atoms with Gasteiger partial charge in [-0.05, 0) is 29.8 Å². The highest BCUT2D eigenvalue weighted by molar-refractivity contribution is 6.34. The molecule has 110 valence electrons. The van der Waals surface area contributed by atoms with Crippen LogP contribution in [0.1, 0.15) is 22.0 Å². The molecule has 2 rings (SSSR count). The summed E-state index contributed by atoms with van der Waals surface area (Å²) < 4.78 is 0. The van der Waals surface area contributed by atoms with Crippen molar-refractivity contribution in [2.24, 2.45) is 5.73 Å². The minimum atomic E-state index is -0.838. The number of hydrogen-bond donors (Lipinski definition) is 3. The molecule has 2 aromatic rings. The standard InChI is InChI=1S/C14H13Cl2N3O2/c15-9-3-8(4-10(16)5-9)13(20)7-19-12-1-2-18-6-11(12)14(17)21/h1-6,13,20H,7H2,(H2,17,21)(H,18,19). The van der Waals surface area contributed by atoms with Gasteiger partial charge in [0, 0.05) is 29.0 Å². The molecule has 1 amide bonds. The summed E-state index contributed by atoms with van der Waals surface area (Å²) in [5.74, 6) is -0.592.